The first-order valence-electron chi connectivity index (χ1n) is 10.1. The molecule has 0 aromatic heterocycles. The van der Waals surface area contributed by atoms with Crippen LogP contribution in [-0.2, 0) is 14.8 Å². The summed E-state index contributed by atoms with van der Waals surface area (Å²) in [4.78, 5) is 12.8. The number of ether oxygens (including phenoxy) is 1. The molecule has 0 spiro atoms. The fraction of sp³-hybridized carbons (Fsp3) is 0.409. The average molecular weight is 469 g/mol. The summed E-state index contributed by atoms with van der Waals surface area (Å²) in [6, 6.07) is 8.47. The largest absolute Gasteiger partial charge is 0.495 e. The van der Waals surface area contributed by atoms with Crippen LogP contribution in [0.25, 0.3) is 0 Å². The molecule has 31 heavy (non-hydrogen) atoms. The molecule has 2 aromatic rings. The second-order valence-electron chi connectivity index (χ2n) is 7.67. The highest BCUT2D eigenvalue weighted by Gasteiger charge is 2.35. The van der Waals surface area contributed by atoms with Crippen molar-refractivity contribution in [3.63, 3.8) is 0 Å². The van der Waals surface area contributed by atoms with E-state index in [1.54, 1.807) is 25.1 Å². The first kappa shape index (κ1) is 23.5. The number of benzene rings is 2. The van der Waals surface area contributed by atoms with Crippen LogP contribution in [0.2, 0.25) is 5.02 Å². The standard InChI is InChI=1S/C22H26ClFN2O4S/c1-15-8-11-20(30-2)21(12-15)31(28,29)26(17-6-4-3-5-7-17)14-22(27)25-16-9-10-19(24)18(23)13-16/h8-13,17H,3-7,14H2,1-2H3,(H,25,27). The number of nitrogens with zero attached hydrogens (tertiary/aromatic N) is 1. The molecule has 2 aromatic carbocycles. The van der Waals surface area contributed by atoms with Gasteiger partial charge in [-0.25, -0.2) is 12.8 Å². The summed E-state index contributed by atoms with van der Waals surface area (Å²) in [5.74, 6) is -0.891. The Balaban J connectivity index is 1.91. The number of hydrogen-bond acceptors (Lipinski definition) is 4. The fourth-order valence-electron chi connectivity index (χ4n) is 3.81. The average Bonchev–Trinajstić information content (AvgIpc) is 2.75. The Morgan fingerprint density at radius 2 is 1.90 bits per heavy atom. The smallest absolute Gasteiger partial charge is 0.247 e. The molecule has 1 aliphatic carbocycles. The summed E-state index contributed by atoms with van der Waals surface area (Å²) in [6.07, 6.45) is 4.21. The second kappa shape index (κ2) is 9.97. The predicted molar refractivity (Wildman–Crippen MR) is 119 cm³/mol. The number of hydrogen-bond donors (Lipinski definition) is 1. The zero-order valence-electron chi connectivity index (χ0n) is 17.5. The van der Waals surface area contributed by atoms with Gasteiger partial charge in [0.2, 0.25) is 15.9 Å². The normalized spacial score (nSPS) is 15.1. The number of carbonyl (C=O) groups excluding carboxylic acids is 1. The minimum atomic E-state index is -4.01. The summed E-state index contributed by atoms with van der Waals surface area (Å²) in [5.41, 5.74) is 1.07. The van der Waals surface area contributed by atoms with Crippen LogP contribution in [0.3, 0.4) is 0 Å². The van der Waals surface area contributed by atoms with E-state index < -0.39 is 21.7 Å². The first-order chi connectivity index (χ1) is 14.7. The van der Waals surface area contributed by atoms with Crippen LogP contribution in [0.15, 0.2) is 41.3 Å². The van der Waals surface area contributed by atoms with E-state index in [0.717, 1.165) is 30.9 Å². The summed E-state index contributed by atoms with van der Waals surface area (Å²) < 4.78 is 47.2. The molecule has 3 rings (SSSR count). The third kappa shape index (κ3) is 5.56. The van der Waals surface area contributed by atoms with Crippen molar-refractivity contribution in [1.82, 2.24) is 4.31 Å². The highest BCUT2D eigenvalue weighted by molar-refractivity contribution is 7.89. The zero-order chi connectivity index (χ0) is 22.6. The highest BCUT2D eigenvalue weighted by atomic mass is 35.5. The van der Waals surface area contributed by atoms with E-state index in [1.165, 1.54) is 23.5 Å². The Morgan fingerprint density at radius 1 is 1.19 bits per heavy atom. The molecule has 0 aliphatic heterocycles. The van der Waals surface area contributed by atoms with E-state index >= 15 is 0 Å². The van der Waals surface area contributed by atoms with Gasteiger partial charge in [0.05, 0.1) is 18.7 Å². The van der Waals surface area contributed by atoms with E-state index in [-0.39, 0.29) is 28.3 Å². The molecule has 1 amide bonds. The molecule has 1 saturated carbocycles. The molecule has 168 valence electrons. The van der Waals surface area contributed by atoms with Crippen molar-refractivity contribution < 1.29 is 22.3 Å². The van der Waals surface area contributed by atoms with Gasteiger partial charge < -0.3 is 10.1 Å². The van der Waals surface area contributed by atoms with Crippen LogP contribution in [0.4, 0.5) is 10.1 Å². The van der Waals surface area contributed by atoms with Crippen molar-refractivity contribution in [1.29, 1.82) is 0 Å². The van der Waals surface area contributed by atoms with Gasteiger partial charge in [-0.2, -0.15) is 4.31 Å². The number of methoxy groups -OCH3 is 1. The molecular formula is C22H26ClFN2O4S. The van der Waals surface area contributed by atoms with Gasteiger partial charge in [0.1, 0.15) is 16.5 Å². The molecule has 0 atom stereocenters. The number of amides is 1. The van der Waals surface area contributed by atoms with Gasteiger partial charge in [-0.1, -0.05) is 36.9 Å². The van der Waals surface area contributed by atoms with Crippen LogP contribution in [-0.4, -0.2) is 38.3 Å². The lowest BCUT2D eigenvalue weighted by atomic mass is 9.95. The number of anilines is 1. The third-order valence-electron chi connectivity index (χ3n) is 5.39. The lowest BCUT2D eigenvalue weighted by Gasteiger charge is -2.33. The molecule has 0 unspecified atom stereocenters. The maximum atomic E-state index is 13.6. The molecule has 0 bridgehead atoms. The molecule has 1 aliphatic rings. The fourth-order valence-corrected chi connectivity index (χ4v) is 5.87. The van der Waals surface area contributed by atoms with Crippen LogP contribution >= 0.6 is 11.6 Å². The van der Waals surface area contributed by atoms with Gasteiger partial charge >= 0.3 is 0 Å². The van der Waals surface area contributed by atoms with E-state index in [1.807, 2.05) is 0 Å². The topological polar surface area (TPSA) is 75.7 Å². The number of aryl methyl sites for hydroxylation is 1. The van der Waals surface area contributed by atoms with Gasteiger partial charge in [0.15, 0.2) is 0 Å². The number of rotatable bonds is 7. The molecule has 0 heterocycles. The molecule has 9 heteroatoms. The monoisotopic (exact) mass is 468 g/mol. The van der Waals surface area contributed by atoms with Gasteiger partial charge in [-0.15, -0.1) is 0 Å². The summed E-state index contributed by atoms with van der Waals surface area (Å²) in [7, 11) is -2.59. The van der Waals surface area contributed by atoms with E-state index in [9.17, 15) is 17.6 Å². The maximum Gasteiger partial charge on any atom is 0.247 e. The predicted octanol–water partition coefficient (Wildman–Crippen LogP) is 4.76. The van der Waals surface area contributed by atoms with Crippen LogP contribution < -0.4 is 10.1 Å². The molecular weight excluding hydrogens is 443 g/mol. The van der Waals surface area contributed by atoms with Crippen molar-refractivity contribution in [3.05, 3.63) is 52.8 Å². The zero-order valence-corrected chi connectivity index (χ0v) is 19.1. The minimum absolute atomic E-state index is 0.0400. The van der Waals surface area contributed by atoms with Crippen molar-refractivity contribution in [2.75, 3.05) is 19.0 Å². The third-order valence-corrected chi connectivity index (χ3v) is 7.60. The van der Waals surface area contributed by atoms with Crippen molar-refractivity contribution in [3.8, 4) is 5.75 Å². The lowest BCUT2D eigenvalue weighted by molar-refractivity contribution is -0.116. The van der Waals surface area contributed by atoms with Gasteiger partial charge in [-0.3, -0.25) is 4.79 Å². The molecule has 1 N–H and O–H groups in total. The van der Waals surface area contributed by atoms with Gasteiger partial charge in [-0.05, 0) is 55.7 Å². The first-order valence-corrected chi connectivity index (χ1v) is 12.0. The van der Waals surface area contributed by atoms with Crippen LogP contribution in [0.5, 0.6) is 5.75 Å². The van der Waals surface area contributed by atoms with Crippen molar-refractivity contribution in [2.45, 2.75) is 50.0 Å². The van der Waals surface area contributed by atoms with E-state index in [0.29, 0.717) is 18.5 Å². The maximum absolute atomic E-state index is 13.6. The number of sulfonamides is 1. The van der Waals surface area contributed by atoms with Crippen molar-refractivity contribution >= 4 is 33.2 Å². The summed E-state index contributed by atoms with van der Waals surface area (Å²) in [6.45, 7) is 1.44. The number of carbonyl (C=O) groups is 1. The minimum Gasteiger partial charge on any atom is -0.495 e. The quantitative estimate of drug-likeness (QED) is 0.635. The Kier molecular flexibility index (Phi) is 7.56. The van der Waals surface area contributed by atoms with Crippen LogP contribution in [0, 0.1) is 12.7 Å². The Bertz CT molecular complexity index is 1060. The summed E-state index contributed by atoms with van der Waals surface area (Å²) in [5, 5.41) is 2.49. The Labute approximate surface area is 187 Å². The Hall–Kier alpha value is -2.16. The van der Waals surface area contributed by atoms with Crippen molar-refractivity contribution in [2.24, 2.45) is 0 Å². The SMILES string of the molecule is COc1ccc(C)cc1S(=O)(=O)N(CC(=O)Nc1ccc(F)c(Cl)c1)C1CCCCC1. The number of nitrogens with one attached hydrogen (secondary N) is 1. The molecule has 0 saturated heterocycles. The van der Waals surface area contributed by atoms with E-state index in [2.05, 4.69) is 5.32 Å². The van der Waals surface area contributed by atoms with Crippen LogP contribution in [0.1, 0.15) is 37.7 Å². The highest BCUT2D eigenvalue weighted by Crippen LogP contribution is 2.32. The Morgan fingerprint density at radius 3 is 2.55 bits per heavy atom. The second-order valence-corrected chi connectivity index (χ2v) is 9.94. The molecule has 0 radical (unpaired) electrons. The van der Waals surface area contributed by atoms with Gasteiger partial charge in [0.25, 0.3) is 0 Å². The molecule has 6 nitrogen and oxygen atoms in total. The number of halogens is 2. The lowest BCUT2D eigenvalue weighted by Crippen LogP contribution is -2.45. The molecule has 1 fully saturated rings. The summed E-state index contributed by atoms with van der Waals surface area (Å²) >= 11 is 5.78. The van der Waals surface area contributed by atoms with Gasteiger partial charge in [0, 0.05) is 11.7 Å². The van der Waals surface area contributed by atoms with E-state index in [4.69, 9.17) is 16.3 Å².